The van der Waals surface area contributed by atoms with E-state index in [1.807, 2.05) is 18.3 Å². The van der Waals surface area contributed by atoms with Crippen LogP contribution in [-0.4, -0.2) is 21.6 Å². The summed E-state index contributed by atoms with van der Waals surface area (Å²) in [7, 11) is 1.64. The Morgan fingerprint density at radius 1 is 0.675 bits per heavy atom. The molecule has 3 aromatic carbocycles. The van der Waals surface area contributed by atoms with Crippen molar-refractivity contribution in [2.45, 2.75) is 38.0 Å². The zero-order valence-electron chi connectivity index (χ0n) is 22.6. The quantitative estimate of drug-likeness (QED) is 0.218. The van der Waals surface area contributed by atoms with E-state index < -0.39 is 0 Å². The minimum atomic E-state index is 0.496. The van der Waals surface area contributed by atoms with E-state index >= 15 is 0 Å². The maximum atomic E-state index is 6.08. The van der Waals surface area contributed by atoms with Crippen LogP contribution in [0.3, 0.4) is 0 Å². The van der Waals surface area contributed by atoms with Gasteiger partial charge in [-0.1, -0.05) is 61.7 Å². The first-order chi connectivity index (χ1) is 19.8. The Labute approximate surface area is 234 Å². The van der Waals surface area contributed by atoms with Crippen LogP contribution in [0.1, 0.15) is 43.6 Å². The number of fused-ring (bicyclic) bond motifs is 3. The molecule has 1 aliphatic rings. The van der Waals surface area contributed by atoms with E-state index in [0.717, 1.165) is 28.2 Å². The maximum Gasteiger partial charge on any atom is 0.222 e. The lowest BCUT2D eigenvalue weighted by molar-refractivity contribution is 0.405. The van der Waals surface area contributed by atoms with Crippen molar-refractivity contribution >= 4 is 21.8 Å². The van der Waals surface area contributed by atoms with Crippen LogP contribution in [0, 0.1) is 0 Å². The van der Waals surface area contributed by atoms with Gasteiger partial charge in [-0.15, -0.1) is 0 Å². The van der Waals surface area contributed by atoms with E-state index in [9.17, 15) is 0 Å². The minimum absolute atomic E-state index is 0.496. The second kappa shape index (κ2) is 10.5. The number of nitrogens with zero attached hydrogens (tertiary/aromatic N) is 3. The van der Waals surface area contributed by atoms with Gasteiger partial charge in [0.05, 0.1) is 18.1 Å². The molecule has 5 nitrogen and oxygen atoms in total. The average molecular weight is 526 g/mol. The second-order valence-electron chi connectivity index (χ2n) is 10.5. The molecule has 3 aromatic heterocycles. The Morgan fingerprint density at radius 3 is 2.40 bits per heavy atom. The molecule has 0 bridgehead atoms. The zero-order valence-corrected chi connectivity index (χ0v) is 22.6. The summed E-state index contributed by atoms with van der Waals surface area (Å²) in [6.07, 6.45) is 10.2. The maximum absolute atomic E-state index is 6.08. The highest BCUT2D eigenvalue weighted by molar-refractivity contribution is 6.10. The minimum Gasteiger partial charge on any atom is -0.497 e. The molecule has 0 N–H and O–H groups in total. The molecule has 0 radical (unpaired) electrons. The summed E-state index contributed by atoms with van der Waals surface area (Å²) < 4.78 is 13.7. The van der Waals surface area contributed by atoms with E-state index in [2.05, 4.69) is 76.3 Å². The van der Waals surface area contributed by atoms with Gasteiger partial charge < -0.3 is 9.47 Å². The van der Waals surface area contributed by atoms with Crippen molar-refractivity contribution in [2.75, 3.05) is 7.11 Å². The lowest BCUT2D eigenvalue weighted by atomic mass is 9.84. The second-order valence-corrected chi connectivity index (χ2v) is 10.5. The van der Waals surface area contributed by atoms with E-state index in [1.54, 1.807) is 25.4 Å². The van der Waals surface area contributed by atoms with Gasteiger partial charge in [-0.3, -0.25) is 4.57 Å². The Kier molecular flexibility index (Phi) is 6.40. The van der Waals surface area contributed by atoms with Gasteiger partial charge in [-0.25, -0.2) is 9.97 Å². The number of rotatable bonds is 6. The average Bonchev–Trinajstić information content (AvgIpc) is 3.35. The SMILES string of the molecule is COc1ccnc(Oc2cccc(-c3ccc4c5ccccc5n(-c5cc(C6CCCCC6)ccn5)c4c3)c2)c1. The van der Waals surface area contributed by atoms with Gasteiger partial charge in [0.2, 0.25) is 5.88 Å². The van der Waals surface area contributed by atoms with Crippen molar-refractivity contribution in [3.8, 4) is 34.3 Å². The Hall–Kier alpha value is -4.64. The fourth-order valence-electron chi connectivity index (χ4n) is 6.08. The molecule has 3 heterocycles. The van der Waals surface area contributed by atoms with E-state index in [1.165, 1.54) is 54.0 Å². The van der Waals surface area contributed by atoms with E-state index in [4.69, 9.17) is 14.5 Å². The predicted molar refractivity (Wildman–Crippen MR) is 161 cm³/mol. The topological polar surface area (TPSA) is 49.2 Å². The first-order valence-corrected chi connectivity index (χ1v) is 14.0. The molecular formula is C35H31N3O2. The van der Waals surface area contributed by atoms with Crippen molar-refractivity contribution in [3.63, 3.8) is 0 Å². The molecule has 40 heavy (non-hydrogen) atoms. The van der Waals surface area contributed by atoms with Crippen LogP contribution in [0.5, 0.6) is 17.4 Å². The summed E-state index contributed by atoms with van der Waals surface area (Å²) in [5.41, 5.74) is 5.91. The van der Waals surface area contributed by atoms with Gasteiger partial charge in [0.1, 0.15) is 17.3 Å². The molecule has 7 rings (SSSR count). The van der Waals surface area contributed by atoms with Crippen LogP contribution in [0.4, 0.5) is 0 Å². The molecule has 198 valence electrons. The van der Waals surface area contributed by atoms with Gasteiger partial charge in [-0.05, 0) is 77.9 Å². The largest absolute Gasteiger partial charge is 0.497 e. The molecule has 0 amide bonds. The van der Waals surface area contributed by atoms with Crippen molar-refractivity contribution in [1.29, 1.82) is 0 Å². The van der Waals surface area contributed by atoms with E-state index in [0.29, 0.717) is 17.5 Å². The van der Waals surface area contributed by atoms with Gasteiger partial charge >= 0.3 is 0 Å². The molecule has 5 heteroatoms. The number of hydrogen-bond donors (Lipinski definition) is 0. The standard InChI is InChI=1S/C35H31N3O2/c1-39-28-17-19-37-35(23-28)40-29-11-7-10-25(20-29)26-14-15-31-30-12-5-6-13-32(30)38(33(31)21-26)34-22-27(16-18-36-34)24-8-3-2-4-9-24/h5-7,10-24H,2-4,8-9H2,1H3. The van der Waals surface area contributed by atoms with Gasteiger partial charge in [0.25, 0.3) is 0 Å². The van der Waals surface area contributed by atoms with Crippen LogP contribution in [-0.2, 0) is 0 Å². The van der Waals surface area contributed by atoms with Crippen molar-refractivity contribution in [1.82, 2.24) is 14.5 Å². The molecule has 1 saturated carbocycles. The van der Waals surface area contributed by atoms with Crippen molar-refractivity contribution in [2.24, 2.45) is 0 Å². The highest BCUT2D eigenvalue weighted by atomic mass is 16.5. The highest BCUT2D eigenvalue weighted by Gasteiger charge is 2.18. The number of pyridine rings is 2. The van der Waals surface area contributed by atoms with Crippen molar-refractivity contribution < 1.29 is 9.47 Å². The predicted octanol–water partition coefficient (Wildman–Crippen LogP) is 9.09. The lowest BCUT2D eigenvalue weighted by Gasteiger charge is -2.22. The summed E-state index contributed by atoms with van der Waals surface area (Å²) in [6, 6.07) is 31.5. The number of benzene rings is 3. The van der Waals surface area contributed by atoms with Crippen LogP contribution in [0.25, 0.3) is 38.8 Å². The third-order valence-electron chi connectivity index (χ3n) is 8.08. The number of aromatic nitrogens is 3. The van der Waals surface area contributed by atoms with Crippen LogP contribution < -0.4 is 9.47 Å². The molecule has 0 aliphatic heterocycles. The number of methoxy groups -OCH3 is 1. The van der Waals surface area contributed by atoms with Crippen LogP contribution in [0.2, 0.25) is 0 Å². The first-order valence-electron chi connectivity index (χ1n) is 14.0. The van der Waals surface area contributed by atoms with Crippen LogP contribution in [0.15, 0.2) is 103 Å². The van der Waals surface area contributed by atoms with Gasteiger partial charge in [-0.2, -0.15) is 0 Å². The molecule has 6 aromatic rings. The summed E-state index contributed by atoms with van der Waals surface area (Å²) >= 11 is 0. The molecule has 0 spiro atoms. The van der Waals surface area contributed by atoms with Gasteiger partial charge in [0.15, 0.2) is 0 Å². The fraction of sp³-hybridized carbons (Fsp3) is 0.200. The third kappa shape index (κ3) is 4.58. The fourth-order valence-corrected chi connectivity index (χ4v) is 6.08. The third-order valence-corrected chi connectivity index (χ3v) is 8.08. The normalized spacial score (nSPS) is 14.0. The smallest absolute Gasteiger partial charge is 0.222 e. The van der Waals surface area contributed by atoms with Crippen LogP contribution >= 0.6 is 0 Å². The zero-order chi connectivity index (χ0) is 26.9. The monoisotopic (exact) mass is 525 g/mol. The first kappa shape index (κ1) is 24.4. The van der Waals surface area contributed by atoms with Crippen molar-refractivity contribution in [3.05, 3.63) is 109 Å². The Morgan fingerprint density at radius 2 is 1.50 bits per heavy atom. The molecular weight excluding hydrogens is 494 g/mol. The Bertz CT molecular complexity index is 1820. The summed E-state index contributed by atoms with van der Waals surface area (Å²) in [4.78, 5) is 9.20. The highest BCUT2D eigenvalue weighted by Crippen LogP contribution is 2.37. The van der Waals surface area contributed by atoms with Gasteiger partial charge in [0, 0.05) is 29.2 Å². The molecule has 0 unspecified atom stereocenters. The molecule has 0 atom stereocenters. The summed E-state index contributed by atoms with van der Waals surface area (Å²) in [5, 5.41) is 2.45. The Balaban J connectivity index is 1.31. The lowest BCUT2D eigenvalue weighted by Crippen LogP contribution is -2.06. The summed E-state index contributed by atoms with van der Waals surface area (Å²) in [6.45, 7) is 0. The summed E-state index contributed by atoms with van der Waals surface area (Å²) in [5.74, 6) is 3.53. The number of ether oxygens (including phenoxy) is 2. The molecule has 1 fully saturated rings. The molecule has 1 aliphatic carbocycles. The molecule has 0 saturated heterocycles. The number of hydrogen-bond acceptors (Lipinski definition) is 4. The number of para-hydroxylation sites is 1. The van der Waals surface area contributed by atoms with E-state index in [-0.39, 0.29) is 0 Å².